The van der Waals surface area contributed by atoms with Gasteiger partial charge in [-0.3, -0.25) is 0 Å². The molecule has 2 aromatic rings. The molecule has 0 saturated carbocycles. The number of rotatable bonds is 2. The standard InChI is InChI=1S/C12H13NO2/c1-3-12-13-10(7-15-12)9-5-4-8(2)11(14)6-9/h4-7,14H,3H2,1-2H3. The van der Waals surface area contributed by atoms with Gasteiger partial charge in [-0.25, -0.2) is 4.98 Å². The molecule has 0 bridgehead atoms. The zero-order valence-corrected chi connectivity index (χ0v) is 8.82. The van der Waals surface area contributed by atoms with E-state index in [1.807, 2.05) is 26.0 Å². The van der Waals surface area contributed by atoms with Crippen molar-refractivity contribution in [2.24, 2.45) is 0 Å². The van der Waals surface area contributed by atoms with E-state index in [0.29, 0.717) is 5.89 Å². The fourth-order valence-corrected chi connectivity index (χ4v) is 1.37. The Hall–Kier alpha value is -1.77. The summed E-state index contributed by atoms with van der Waals surface area (Å²) in [5, 5.41) is 9.57. The molecule has 1 N–H and O–H groups in total. The van der Waals surface area contributed by atoms with Crippen LogP contribution in [-0.4, -0.2) is 10.1 Å². The van der Waals surface area contributed by atoms with Crippen molar-refractivity contribution in [3.8, 4) is 17.0 Å². The van der Waals surface area contributed by atoms with Gasteiger partial charge in [0.15, 0.2) is 5.89 Å². The number of oxazole rings is 1. The normalized spacial score (nSPS) is 10.5. The van der Waals surface area contributed by atoms with Gasteiger partial charge in [0.1, 0.15) is 17.7 Å². The third-order valence-corrected chi connectivity index (χ3v) is 2.36. The van der Waals surface area contributed by atoms with Crippen molar-refractivity contribution in [2.45, 2.75) is 20.3 Å². The van der Waals surface area contributed by atoms with E-state index < -0.39 is 0 Å². The molecule has 0 aliphatic rings. The average Bonchev–Trinajstić information content (AvgIpc) is 2.70. The van der Waals surface area contributed by atoms with Crippen LogP contribution in [0.15, 0.2) is 28.9 Å². The fraction of sp³-hybridized carbons (Fsp3) is 0.250. The molecule has 1 aromatic heterocycles. The molecule has 1 heterocycles. The molecule has 0 unspecified atom stereocenters. The molecular formula is C12H13NO2. The first kappa shape index (κ1) is 9.77. The van der Waals surface area contributed by atoms with Gasteiger partial charge in [-0.15, -0.1) is 0 Å². The number of phenolic OH excluding ortho intramolecular Hbond substituents is 1. The predicted octanol–water partition coefficient (Wildman–Crippen LogP) is 2.92. The zero-order chi connectivity index (χ0) is 10.8. The number of phenols is 1. The van der Waals surface area contributed by atoms with Crippen LogP contribution in [0.3, 0.4) is 0 Å². The third kappa shape index (κ3) is 1.86. The summed E-state index contributed by atoms with van der Waals surface area (Å²) in [7, 11) is 0. The summed E-state index contributed by atoms with van der Waals surface area (Å²) in [6.45, 7) is 3.85. The number of aryl methyl sites for hydroxylation is 2. The molecule has 0 saturated heterocycles. The summed E-state index contributed by atoms with van der Waals surface area (Å²) >= 11 is 0. The largest absolute Gasteiger partial charge is 0.508 e. The molecule has 0 fully saturated rings. The van der Waals surface area contributed by atoms with Gasteiger partial charge in [-0.05, 0) is 18.6 Å². The Labute approximate surface area is 88.4 Å². The van der Waals surface area contributed by atoms with Crippen LogP contribution in [0.4, 0.5) is 0 Å². The summed E-state index contributed by atoms with van der Waals surface area (Å²) in [5.74, 6) is 0.999. The summed E-state index contributed by atoms with van der Waals surface area (Å²) in [6.07, 6.45) is 2.39. The minimum atomic E-state index is 0.286. The van der Waals surface area contributed by atoms with E-state index in [1.54, 1.807) is 12.3 Å². The highest BCUT2D eigenvalue weighted by molar-refractivity contribution is 5.61. The second kappa shape index (κ2) is 3.77. The summed E-state index contributed by atoms with van der Waals surface area (Å²) in [5.41, 5.74) is 2.50. The van der Waals surface area contributed by atoms with E-state index >= 15 is 0 Å². The smallest absolute Gasteiger partial charge is 0.194 e. The van der Waals surface area contributed by atoms with Crippen LogP contribution in [-0.2, 0) is 6.42 Å². The molecular weight excluding hydrogens is 190 g/mol. The number of aromatic nitrogens is 1. The maximum atomic E-state index is 9.57. The van der Waals surface area contributed by atoms with Gasteiger partial charge in [0, 0.05) is 12.0 Å². The average molecular weight is 203 g/mol. The highest BCUT2D eigenvalue weighted by Gasteiger charge is 2.06. The van der Waals surface area contributed by atoms with Crippen molar-refractivity contribution in [1.29, 1.82) is 0 Å². The summed E-state index contributed by atoms with van der Waals surface area (Å²) in [6, 6.07) is 5.49. The lowest BCUT2D eigenvalue weighted by Crippen LogP contribution is -1.82. The van der Waals surface area contributed by atoms with E-state index in [0.717, 1.165) is 23.2 Å². The quantitative estimate of drug-likeness (QED) is 0.816. The molecule has 15 heavy (non-hydrogen) atoms. The molecule has 0 spiro atoms. The topological polar surface area (TPSA) is 46.3 Å². The Balaban J connectivity index is 2.40. The molecule has 3 heteroatoms. The molecule has 1 aromatic carbocycles. The van der Waals surface area contributed by atoms with Crippen molar-refractivity contribution in [3.05, 3.63) is 35.9 Å². The van der Waals surface area contributed by atoms with Gasteiger partial charge in [-0.1, -0.05) is 19.1 Å². The van der Waals surface area contributed by atoms with Gasteiger partial charge >= 0.3 is 0 Å². The maximum absolute atomic E-state index is 9.57. The van der Waals surface area contributed by atoms with Gasteiger partial charge < -0.3 is 9.52 Å². The van der Waals surface area contributed by atoms with Crippen LogP contribution < -0.4 is 0 Å². The monoisotopic (exact) mass is 203 g/mol. The Kier molecular flexibility index (Phi) is 2.46. The van der Waals surface area contributed by atoms with E-state index in [1.165, 1.54) is 0 Å². The van der Waals surface area contributed by atoms with Gasteiger partial charge in [-0.2, -0.15) is 0 Å². The molecule has 0 atom stereocenters. The third-order valence-electron chi connectivity index (χ3n) is 2.36. The van der Waals surface area contributed by atoms with Crippen LogP contribution in [0, 0.1) is 6.92 Å². The van der Waals surface area contributed by atoms with Crippen molar-refractivity contribution < 1.29 is 9.52 Å². The molecule has 0 radical (unpaired) electrons. The van der Waals surface area contributed by atoms with Gasteiger partial charge in [0.05, 0.1) is 0 Å². The van der Waals surface area contributed by atoms with E-state index in [-0.39, 0.29) is 5.75 Å². The van der Waals surface area contributed by atoms with Gasteiger partial charge in [0.25, 0.3) is 0 Å². The molecule has 3 nitrogen and oxygen atoms in total. The van der Waals surface area contributed by atoms with Crippen LogP contribution in [0.1, 0.15) is 18.4 Å². The molecule has 2 rings (SSSR count). The van der Waals surface area contributed by atoms with Crippen LogP contribution in [0.25, 0.3) is 11.3 Å². The Morgan fingerprint density at radius 1 is 1.40 bits per heavy atom. The first-order valence-corrected chi connectivity index (χ1v) is 4.95. The minimum Gasteiger partial charge on any atom is -0.508 e. The lowest BCUT2D eigenvalue weighted by molar-refractivity contribution is 0.471. The Bertz CT molecular complexity index is 474. The molecule has 78 valence electrons. The highest BCUT2D eigenvalue weighted by atomic mass is 16.3. The van der Waals surface area contributed by atoms with Crippen molar-refractivity contribution >= 4 is 0 Å². The number of nitrogens with zero attached hydrogens (tertiary/aromatic N) is 1. The zero-order valence-electron chi connectivity index (χ0n) is 8.82. The van der Waals surface area contributed by atoms with E-state index in [2.05, 4.69) is 4.98 Å². The van der Waals surface area contributed by atoms with Crippen LogP contribution in [0.2, 0.25) is 0 Å². The van der Waals surface area contributed by atoms with Crippen LogP contribution in [0.5, 0.6) is 5.75 Å². The lowest BCUT2D eigenvalue weighted by atomic mass is 10.1. The minimum absolute atomic E-state index is 0.286. The number of benzene rings is 1. The number of hydrogen-bond donors (Lipinski definition) is 1. The second-order valence-corrected chi connectivity index (χ2v) is 3.48. The Morgan fingerprint density at radius 3 is 2.80 bits per heavy atom. The number of aromatic hydroxyl groups is 1. The Morgan fingerprint density at radius 2 is 2.20 bits per heavy atom. The predicted molar refractivity (Wildman–Crippen MR) is 57.7 cm³/mol. The fourth-order valence-electron chi connectivity index (χ4n) is 1.37. The first-order valence-electron chi connectivity index (χ1n) is 4.95. The first-order chi connectivity index (χ1) is 7.20. The highest BCUT2D eigenvalue weighted by Crippen LogP contribution is 2.25. The summed E-state index contributed by atoms with van der Waals surface area (Å²) < 4.78 is 5.25. The van der Waals surface area contributed by atoms with Gasteiger partial charge in [0.2, 0.25) is 0 Å². The summed E-state index contributed by atoms with van der Waals surface area (Å²) in [4.78, 5) is 4.29. The van der Waals surface area contributed by atoms with Crippen molar-refractivity contribution in [2.75, 3.05) is 0 Å². The van der Waals surface area contributed by atoms with E-state index in [9.17, 15) is 5.11 Å². The number of hydrogen-bond acceptors (Lipinski definition) is 3. The molecule has 0 aliphatic heterocycles. The maximum Gasteiger partial charge on any atom is 0.194 e. The lowest BCUT2D eigenvalue weighted by Gasteiger charge is -2.00. The molecule has 0 aliphatic carbocycles. The SMILES string of the molecule is CCc1nc(-c2ccc(C)c(O)c2)co1. The van der Waals surface area contributed by atoms with Crippen molar-refractivity contribution in [1.82, 2.24) is 4.98 Å². The van der Waals surface area contributed by atoms with Crippen LogP contribution >= 0.6 is 0 Å². The van der Waals surface area contributed by atoms with E-state index in [4.69, 9.17) is 4.42 Å². The molecule has 0 amide bonds. The second-order valence-electron chi connectivity index (χ2n) is 3.48. The van der Waals surface area contributed by atoms with Crippen molar-refractivity contribution in [3.63, 3.8) is 0 Å².